The number of ether oxygens (including phenoxy) is 1. The molecule has 6 nitrogen and oxygen atoms in total. The number of nitrogens with zero attached hydrogens (tertiary/aromatic N) is 2. The summed E-state index contributed by atoms with van der Waals surface area (Å²) in [4.78, 5) is 24.8. The fraction of sp³-hybridized carbons (Fsp3) is 0.450. The smallest absolute Gasteiger partial charge is 0.328 e. The second kappa shape index (κ2) is 9.17. The van der Waals surface area contributed by atoms with Gasteiger partial charge < -0.3 is 10.1 Å². The first-order valence-electron chi connectivity index (χ1n) is 8.98. The molecular formula is C20H27N3O3. The number of hydrogen-bond donors (Lipinski definition) is 1. The van der Waals surface area contributed by atoms with Crippen LogP contribution in [0.4, 0.5) is 0 Å². The summed E-state index contributed by atoms with van der Waals surface area (Å²) < 4.78 is 6.61. The summed E-state index contributed by atoms with van der Waals surface area (Å²) in [5.41, 5.74) is 2.24. The maximum Gasteiger partial charge on any atom is 0.328 e. The van der Waals surface area contributed by atoms with Gasteiger partial charge in [-0.05, 0) is 30.9 Å². The van der Waals surface area contributed by atoms with Gasteiger partial charge in [0.1, 0.15) is 6.04 Å². The predicted molar refractivity (Wildman–Crippen MR) is 100 cm³/mol. The normalized spacial score (nSPS) is 12.0. The van der Waals surface area contributed by atoms with E-state index in [-0.39, 0.29) is 11.8 Å². The summed E-state index contributed by atoms with van der Waals surface area (Å²) in [6, 6.07) is 9.04. The van der Waals surface area contributed by atoms with Crippen molar-refractivity contribution < 1.29 is 14.3 Å². The Hall–Kier alpha value is -2.63. The van der Waals surface area contributed by atoms with E-state index in [2.05, 4.69) is 17.3 Å². The summed E-state index contributed by atoms with van der Waals surface area (Å²) in [6.07, 6.45) is 3.68. The third-order valence-corrected chi connectivity index (χ3v) is 4.10. The Balaban J connectivity index is 2.30. The first-order chi connectivity index (χ1) is 12.5. The highest BCUT2D eigenvalue weighted by atomic mass is 16.5. The Kier molecular flexibility index (Phi) is 6.95. The predicted octanol–water partition coefficient (Wildman–Crippen LogP) is 3.14. The molecule has 1 aromatic heterocycles. The fourth-order valence-electron chi connectivity index (χ4n) is 2.90. The van der Waals surface area contributed by atoms with E-state index in [0.29, 0.717) is 18.4 Å². The number of carbonyl (C=O) groups excluding carboxylic acids is 2. The van der Waals surface area contributed by atoms with Gasteiger partial charge in [0.05, 0.1) is 30.3 Å². The van der Waals surface area contributed by atoms with E-state index in [0.717, 1.165) is 17.8 Å². The molecule has 0 saturated carbocycles. The third-order valence-electron chi connectivity index (χ3n) is 4.10. The summed E-state index contributed by atoms with van der Waals surface area (Å²) in [6.45, 7) is 6.05. The van der Waals surface area contributed by atoms with Crippen molar-refractivity contribution in [2.24, 2.45) is 5.92 Å². The zero-order valence-electron chi connectivity index (χ0n) is 15.9. The van der Waals surface area contributed by atoms with Crippen LogP contribution in [0.3, 0.4) is 0 Å². The van der Waals surface area contributed by atoms with Crippen LogP contribution in [0.2, 0.25) is 0 Å². The summed E-state index contributed by atoms with van der Waals surface area (Å²) in [5, 5.41) is 7.21. The first-order valence-corrected chi connectivity index (χ1v) is 8.98. The van der Waals surface area contributed by atoms with Gasteiger partial charge in [0.15, 0.2) is 0 Å². The number of aromatic nitrogens is 2. The standard InChI is InChI=1S/C20H27N3O3/c1-5-9-18-16(13-21-23(18)15-10-7-6-8-11-15)19(24)22-17(12-14(2)3)20(25)26-4/h6-8,10-11,13-14,17H,5,9,12H2,1-4H3,(H,22,24). The van der Waals surface area contributed by atoms with Crippen molar-refractivity contribution in [3.8, 4) is 5.69 Å². The largest absolute Gasteiger partial charge is 0.467 e. The van der Waals surface area contributed by atoms with Crippen LogP contribution in [0, 0.1) is 5.92 Å². The molecule has 1 amide bonds. The molecule has 26 heavy (non-hydrogen) atoms. The van der Waals surface area contributed by atoms with Gasteiger partial charge in [-0.3, -0.25) is 4.79 Å². The number of hydrogen-bond acceptors (Lipinski definition) is 4. The molecule has 2 rings (SSSR count). The molecule has 1 aromatic carbocycles. The molecule has 0 aliphatic heterocycles. The van der Waals surface area contributed by atoms with Crippen molar-refractivity contribution in [1.29, 1.82) is 0 Å². The number of esters is 1. The Morgan fingerprint density at radius 1 is 1.23 bits per heavy atom. The Bertz CT molecular complexity index is 738. The van der Waals surface area contributed by atoms with E-state index in [1.807, 2.05) is 44.2 Å². The molecule has 0 spiro atoms. The summed E-state index contributed by atoms with van der Waals surface area (Å²) >= 11 is 0. The van der Waals surface area contributed by atoms with Gasteiger partial charge in [0.2, 0.25) is 0 Å². The second-order valence-electron chi connectivity index (χ2n) is 6.68. The second-order valence-corrected chi connectivity index (χ2v) is 6.68. The van der Waals surface area contributed by atoms with Crippen molar-refractivity contribution in [2.75, 3.05) is 7.11 Å². The van der Waals surface area contributed by atoms with E-state index < -0.39 is 12.0 Å². The van der Waals surface area contributed by atoms with Gasteiger partial charge in [-0.15, -0.1) is 0 Å². The Morgan fingerprint density at radius 3 is 2.50 bits per heavy atom. The van der Waals surface area contributed by atoms with E-state index in [1.54, 1.807) is 10.9 Å². The number of methoxy groups -OCH3 is 1. The molecule has 0 aliphatic rings. The maximum absolute atomic E-state index is 12.8. The topological polar surface area (TPSA) is 73.2 Å². The van der Waals surface area contributed by atoms with Crippen LogP contribution >= 0.6 is 0 Å². The lowest BCUT2D eigenvalue weighted by Crippen LogP contribution is -2.42. The Morgan fingerprint density at radius 2 is 1.92 bits per heavy atom. The number of amides is 1. The number of carbonyl (C=O) groups is 2. The van der Waals surface area contributed by atoms with Crippen LogP contribution in [0.15, 0.2) is 36.5 Å². The average Bonchev–Trinajstić information content (AvgIpc) is 3.05. The van der Waals surface area contributed by atoms with E-state index >= 15 is 0 Å². The summed E-state index contributed by atoms with van der Waals surface area (Å²) in [5.74, 6) is -0.479. The molecule has 0 radical (unpaired) electrons. The molecule has 140 valence electrons. The van der Waals surface area contributed by atoms with Crippen LogP contribution in [0.5, 0.6) is 0 Å². The molecule has 0 fully saturated rings. The fourth-order valence-corrected chi connectivity index (χ4v) is 2.90. The molecule has 0 aliphatic carbocycles. The van der Waals surface area contributed by atoms with Crippen LogP contribution in [-0.2, 0) is 16.0 Å². The van der Waals surface area contributed by atoms with E-state index in [4.69, 9.17) is 4.74 Å². The number of rotatable bonds is 8. The van der Waals surface area contributed by atoms with Gasteiger partial charge in [-0.25, -0.2) is 9.48 Å². The van der Waals surface area contributed by atoms with Crippen molar-refractivity contribution in [3.63, 3.8) is 0 Å². The summed E-state index contributed by atoms with van der Waals surface area (Å²) in [7, 11) is 1.33. The van der Waals surface area contributed by atoms with Crippen molar-refractivity contribution >= 4 is 11.9 Å². The molecule has 2 aromatic rings. The molecule has 6 heteroatoms. The SMILES string of the molecule is CCCc1c(C(=O)NC(CC(C)C)C(=O)OC)cnn1-c1ccccc1. The van der Waals surface area contributed by atoms with Gasteiger partial charge in [-0.1, -0.05) is 45.4 Å². The zero-order valence-corrected chi connectivity index (χ0v) is 15.9. The molecule has 1 atom stereocenters. The number of para-hydroxylation sites is 1. The van der Waals surface area contributed by atoms with E-state index in [1.165, 1.54) is 7.11 Å². The zero-order chi connectivity index (χ0) is 19.1. The van der Waals surface area contributed by atoms with Crippen LogP contribution in [-0.4, -0.2) is 34.8 Å². The Labute approximate surface area is 154 Å². The maximum atomic E-state index is 12.8. The monoisotopic (exact) mass is 357 g/mol. The lowest BCUT2D eigenvalue weighted by Gasteiger charge is -2.18. The average molecular weight is 357 g/mol. The number of benzene rings is 1. The van der Waals surface area contributed by atoms with Crippen molar-refractivity contribution in [2.45, 2.75) is 46.1 Å². The molecule has 1 N–H and O–H groups in total. The van der Waals surface area contributed by atoms with Crippen molar-refractivity contribution in [1.82, 2.24) is 15.1 Å². The minimum atomic E-state index is -0.665. The van der Waals surface area contributed by atoms with Crippen LogP contribution < -0.4 is 5.32 Å². The molecule has 0 saturated heterocycles. The number of nitrogens with one attached hydrogen (secondary N) is 1. The van der Waals surface area contributed by atoms with E-state index in [9.17, 15) is 9.59 Å². The minimum absolute atomic E-state index is 0.251. The van der Waals surface area contributed by atoms with Crippen LogP contribution in [0.1, 0.15) is 49.7 Å². The highest BCUT2D eigenvalue weighted by Gasteiger charge is 2.25. The van der Waals surface area contributed by atoms with Gasteiger partial charge in [-0.2, -0.15) is 5.10 Å². The van der Waals surface area contributed by atoms with Gasteiger partial charge >= 0.3 is 5.97 Å². The minimum Gasteiger partial charge on any atom is -0.467 e. The van der Waals surface area contributed by atoms with Crippen molar-refractivity contribution in [3.05, 3.63) is 47.8 Å². The lowest BCUT2D eigenvalue weighted by molar-refractivity contribution is -0.143. The molecular weight excluding hydrogens is 330 g/mol. The molecule has 1 heterocycles. The highest BCUT2D eigenvalue weighted by molar-refractivity contribution is 5.97. The third kappa shape index (κ3) is 4.71. The highest BCUT2D eigenvalue weighted by Crippen LogP contribution is 2.17. The first kappa shape index (κ1) is 19.7. The quantitative estimate of drug-likeness (QED) is 0.737. The molecule has 0 bridgehead atoms. The van der Waals surface area contributed by atoms with Gasteiger partial charge in [0.25, 0.3) is 5.91 Å². The molecule has 1 unspecified atom stereocenters. The van der Waals surface area contributed by atoms with Crippen LogP contribution in [0.25, 0.3) is 5.69 Å². The lowest BCUT2D eigenvalue weighted by atomic mass is 10.0. The van der Waals surface area contributed by atoms with Gasteiger partial charge in [0, 0.05) is 0 Å².